The molecule has 1 saturated heterocycles. The second kappa shape index (κ2) is 6.55. The van der Waals surface area contributed by atoms with Gasteiger partial charge in [0.1, 0.15) is 5.82 Å². The average Bonchev–Trinajstić information content (AvgIpc) is 3.06. The highest BCUT2D eigenvalue weighted by atomic mass is 32.1. The van der Waals surface area contributed by atoms with Crippen LogP contribution in [0.2, 0.25) is 0 Å². The molecule has 1 amide bonds. The van der Waals surface area contributed by atoms with Crippen molar-refractivity contribution in [2.75, 3.05) is 31.1 Å². The number of piperazine rings is 1. The molecular weight excluding hydrogens is 323 g/mol. The number of aryl methyl sites for hydroxylation is 2. The third kappa shape index (κ3) is 2.93. The topological polar surface area (TPSA) is 23.6 Å². The smallest absolute Gasteiger partial charge is 0.264 e. The number of amides is 1. The third-order valence-corrected chi connectivity index (χ3v) is 6.19. The van der Waals surface area contributed by atoms with Crippen molar-refractivity contribution in [3.63, 3.8) is 0 Å². The average molecular weight is 344 g/mol. The van der Waals surface area contributed by atoms with Gasteiger partial charge in [-0.25, -0.2) is 4.39 Å². The van der Waals surface area contributed by atoms with Crippen molar-refractivity contribution in [2.24, 2.45) is 0 Å². The van der Waals surface area contributed by atoms with E-state index in [0.29, 0.717) is 31.9 Å². The van der Waals surface area contributed by atoms with E-state index in [1.807, 2.05) is 15.9 Å². The van der Waals surface area contributed by atoms with Crippen LogP contribution in [0.5, 0.6) is 0 Å². The molecule has 126 valence electrons. The zero-order valence-electron chi connectivity index (χ0n) is 13.6. The quantitative estimate of drug-likeness (QED) is 0.829. The lowest BCUT2D eigenvalue weighted by molar-refractivity contribution is 0.0751. The zero-order chi connectivity index (χ0) is 16.5. The first-order valence-corrected chi connectivity index (χ1v) is 9.44. The monoisotopic (exact) mass is 344 g/mol. The maximum Gasteiger partial charge on any atom is 0.264 e. The van der Waals surface area contributed by atoms with Gasteiger partial charge in [0, 0.05) is 31.1 Å². The van der Waals surface area contributed by atoms with Gasteiger partial charge in [-0.3, -0.25) is 4.79 Å². The Balaban J connectivity index is 1.43. The molecule has 0 saturated carbocycles. The van der Waals surface area contributed by atoms with E-state index in [9.17, 15) is 9.18 Å². The third-order valence-electron chi connectivity index (χ3n) is 4.97. The van der Waals surface area contributed by atoms with Crippen molar-refractivity contribution in [2.45, 2.75) is 25.7 Å². The molecular formula is C19H21FN2OS. The van der Waals surface area contributed by atoms with Crippen LogP contribution >= 0.6 is 11.3 Å². The summed E-state index contributed by atoms with van der Waals surface area (Å²) in [6.07, 6.45) is 4.70. The Kier molecular flexibility index (Phi) is 4.27. The minimum absolute atomic E-state index is 0.141. The predicted molar refractivity (Wildman–Crippen MR) is 95.5 cm³/mol. The molecule has 1 aromatic heterocycles. The van der Waals surface area contributed by atoms with Crippen LogP contribution in [-0.4, -0.2) is 37.0 Å². The highest BCUT2D eigenvalue weighted by molar-refractivity contribution is 7.14. The van der Waals surface area contributed by atoms with Crippen LogP contribution in [0.1, 0.15) is 33.0 Å². The number of nitrogens with zero attached hydrogens (tertiary/aromatic N) is 2. The summed E-state index contributed by atoms with van der Waals surface area (Å²) < 4.78 is 13.9. The Bertz CT molecular complexity index is 726. The van der Waals surface area contributed by atoms with Crippen LogP contribution < -0.4 is 4.90 Å². The van der Waals surface area contributed by atoms with Gasteiger partial charge in [0.15, 0.2) is 0 Å². The summed E-state index contributed by atoms with van der Waals surface area (Å²) in [4.78, 5) is 19.0. The standard InChI is InChI=1S/C19H21FN2OS/c20-15-6-2-3-7-16(15)21-9-11-22(12-10-21)19(23)18-13-14-5-1-4-8-17(14)24-18/h2-3,6-7,13H,1,4-5,8-12H2. The molecule has 0 unspecified atom stereocenters. The minimum atomic E-state index is -0.191. The fraction of sp³-hybridized carbons (Fsp3) is 0.421. The molecule has 1 aliphatic heterocycles. The number of anilines is 1. The first-order chi connectivity index (χ1) is 11.7. The largest absolute Gasteiger partial charge is 0.366 e. The van der Waals surface area contributed by atoms with Gasteiger partial charge in [0.25, 0.3) is 5.91 Å². The zero-order valence-corrected chi connectivity index (χ0v) is 14.4. The number of fused-ring (bicyclic) bond motifs is 1. The lowest BCUT2D eigenvalue weighted by Gasteiger charge is -2.36. The molecule has 0 atom stereocenters. The van der Waals surface area contributed by atoms with Crippen molar-refractivity contribution in [3.8, 4) is 0 Å². The van der Waals surface area contributed by atoms with E-state index < -0.39 is 0 Å². The highest BCUT2D eigenvalue weighted by Gasteiger charge is 2.25. The fourth-order valence-corrected chi connectivity index (χ4v) is 4.83. The Hall–Kier alpha value is -1.88. The van der Waals surface area contributed by atoms with E-state index in [-0.39, 0.29) is 11.7 Å². The van der Waals surface area contributed by atoms with E-state index in [4.69, 9.17) is 0 Å². The van der Waals surface area contributed by atoms with Gasteiger partial charge < -0.3 is 9.80 Å². The van der Waals surface area contributed by atoms with Crippen LogP contribution in [-0.2, 0) is 12.8 Å². The van der Waals surface area contributed by atoms with Gasteiger partial charge >= 0.3 is 0 Å². The maximum atomic E-state index is 13.9. The summed E-state index contributed by atoms with van der Waals surface area (Å²) in [7, 11) is 0. The summed E-state index contributed by atoms with van der Waals surface area (Å²) in [5, 5.41) is 0. The maximum absolute atomic E-state index is 13.9. The second-order valence-electron chi connectivity index (χ2n) is 6.50. The van der Waals surface area contributed by atoms with Crippen molar-refractivity contribution < 1.29 is 9.18 Å². The molecule has 24 heavy (non-hydrogen) atoms. The van der Waals surface area contributed by atoms with Gasteiger partial charge in [0.2, 0.25) is 0 Å². The molecule has 2 aliphatic rings. The number of halogens is 1. The normalized spacial score (nSPS) is 17.7. The Morgan fingerprint density at radius 2 is 1.79 bits per heavy atom. The Morgan fingerprint density at radius 3 is 2.54 bits per heavy atom. The molecule has 1 fully saturated rings. The highest BCUT2D eigenvalue weighted by Crippen LogP contribution is 2.30. The van der Waals surface area contributed by atoms with Crippen molar-refractivity contribution >= 4 is 22.9 Å². The summed E-state index contributed by atoms with van der Waals surface area (Å²) >= 11 is 1.67. The molecule has 2 aromatic rings. The number of hydrogen-bond acceptors (Lipinski definition) is 3. The number of carbonyl (C=O) groups is 1. The van der Waals surface area contributed by atoms with E-state index in [1.165, 1.54) is 29.3 Å². The van der Waals surface area contributed by atoms with Crippen LogP contribution in [0.3, 0.4) is 0 Å². The van der Waals surface area contributed by atoms with Gasteiger partial charge in [-0.2, -0.15) is 0 Å². The van der Waals surface area contributed by atoms with Crippen molar-refractivity contribution in [1.29, 1.82) is 0 Å². The number of thiophene rings is 1. The molecule has 0 spiro atoms. The number of hydrogen-bond donors (Lipinski definition) is 0. The predicted octanol–water partition coefficient (Wildman–Crippen LogP) is 3.73. The molecule has 2 heterocycles. The van der Waals surface area contributed by atoms with Crippen LogP contribution in [0, 0.1) is 5.82 Å². The molecule has 0 bridgehead atoms. The summed E-state index contributed by atoms with van der Waals surface area (Å²) in [5.41, 5.74) is 2.01. The van der Waals surface area contributed by atoms with E-state index in [2.05, 4.69) is 6.07 Å². The summed E-state index contributed by atoms with van der Waals surface area (Å²) in [5.74, 6) is -0.0502. The number of rotatable bonds is 2. The van der Waals surface area contributed by atoms with Gasteiger partial charge in [-0.05, 0) is 49.4 Å². The van der Waals surface area contributed by atoms with E-state index in [0.717, 1.165) is 17.7 Å². The molecule has 0 radical (unpaired) electrons. The molecule has 0 N–H and O–H groups in total. The molecule has 1 aliphatic carbocycles. The SMILES string of the molecule is O=C(c1cc2c(s1)CCCC2)N1CCN(c2ccccc2F)CC1. The molecule has 5 heteroatoms. The summed E-state index contributed by atoms with van der Waals surface area (Å²) in [6, 6.07) is 8.96. The minimum Gasteiger partial charge on any atom is -0.366 e. The lowest BCUT2D eigenvalue weighted by Crippen LogP contribution is -2.48. The summed E-state index contributed by atoms with van der Waals surface area (Å²) in [6.45, 7) is 2.65. The second-order valence-corrected chi connectivity index (χ2v) is 7.63. The van der Waals surface area contributed by atoms with Gasteiger partial charge in [0.05, 0.1) is 10.6 Å². The van der Waals surface area contributed by atoms with Crippen LogP contribution in [0.4, 0.5) is 10.1 Å². The van der Waals surface area contributed by atoms with Gasteiger partial charge in [-0.15, -0.1) is 11.3 Å². The van der Waals surface area contributed by atoms with E-state index >= 15 is 0 Å². The van der Waals surface area contributed by atoms with Gasteiger partial charge in [-0.1, -0.05) is 12.1 Å². The number of para-hydroxylation sites is 1. The van der Waals surface area contributed by atoms with Crippen LogP contribution in [0.15, 0.2) is 30.3 Å². The Morgan fingerprint density at radius 1 is 1.04 bits per heavy atom. The number of benzene rings is 1. The van der Waals surface area contributed by atoms with E-state index in [1.54, 1.807) is 23.5 Å². The molecule has 4 rings (SSSR count). The first-order valence-electron chi connectivity index (χ1n) is 8.63. The molecule has 3 nitrogen and oxygen atoms in total. The first kappa shape index (κ1) is 15.6. The Labute approximate surface area is 145 Å². The van der Waals surface area contributed by atoms with Crippen molar-refractivity contribution in [1.82, 2.24) is 4.90 Å². The van der Waals surface area contributed by atoms with Crippen molar-refractivity contribution in [3.05, 3.63) is 51.5 Å². The fourth-order valence-electron chi connectivity index (χ4n) is 3.61. The number of carbonyl (C=O) groups excluding carboxylic acids is 1. The molecule has 1 aromatic carbocycles. The van der Waals surface area contributed by atoms with Crippen LogP contribution in [0.25, 0.3) is 0 Å². The lowest BCUT2D eigenvalue weighted by atomic mass is 9.99.